The Kier molecular flexibility index (Phi) is 7.96. The van der Waals surface area contributed by atoms with Crippen molar-refractivity contribution in [3.05, 3.63) is 35.4 Å². The van der Waals surface area contributed by atoms with E-state index in [4.69, 9.17) is 14.7 Å². The van der Waals surface area contributed by atoms with Gasteiger partial charge in [0.15, 0.2) is 0 Å². The molecule has 2 fully saturated rings. The Morgan fingerprint density at radius 3 is 2.70 bits per heavy atom. The number of hydrogen-bond donors (Lipinski definition) is 1. The number of ether oxygens (including phenoxy) is 2. The van der Waals surface area contributed by atoms with Crippen LogP contribution in [-0.4, -0.2) is 68.7 Å². The molecule has 2 aliphatic heterocycles. The summed E-state index contributed by atoms with van der Waals surface area (Å²) < 4.78 is 11.0. The molecule has 2 atom stereocenters. The van der Waals surface area contributed by atoms with E-state index in [0.717, 1.165) is 57.3 Å². The molecule has 0 aliphatic carbocycles. The summed E-state index contributed by atoms with van der Waals surface area (Å²) in [6.07, 6.45) is 1.06. The molecule has 1 aromatic rings. The van der Waals surface area contributed by atoms with Gasteiger partial charge in [-0.25, -0.2) is 0 Å². The molecule has 2 unspecified atom stereocenters. The van der Waals surface area contributed by atoms with E-state index in [2.05, 4.69) is 16.3 Å². The molecule has 1 aromatic carbocycles. The summed E-state index contributed by atoms with van der Waals surface area (Å²) in [5.74, 6) is 1.76. The Labute approximate surface area is 165 Å². The lowest BCUT2D eigenvalue weighted by molar-refractivity contribution is -0.119. The maximum atomic E-state index is 12.3. The number of amides is 1. The summed E-state index contributed by atoms with van der Waals surface area (Å²) in [7, 11) is 0. The van der Waals surface area contributed by atoms with Crippen molar-refractivity contribution < 1.29 is 14.3 Å². The van der Waals surface area contributed by atoms with E-state index < -0.39 is 0 Å². The van der Waals surface area contributed by atoms with Crippen LogP contribution in [0.15, 0.2) is 24.3 Å². The second-order valence-electron chi connectivity index (χ2n) is 6.94. The van der Waals surface area contributed by atoms with Gasteiger partial charge in [0, 0.05) is 44.0 Å². The van der Waals surface area contributed by atoms with Crippen LogP contribution in [0.2, 0.25) is 0 Å². The van der Waals surface area contributed by atoms with Crippen LogP contribution in [0.3, 0.4) is 0 Å². The molecule has 0 radical (unpaired) electrons. The first kappa shape index (κ1) is 20.2. The van der Waals surface area contributed by atoms with Crippen molar-refractivity contribution in [3.8, 4) is 6.07 Å². The summed E-state index contributed by atoms with van der Waals surface area (Å²) in [5.41, 5.74) is 1.78. The fourth-order valence-corrected chi connectivity index (χ4v) is 4.38. The summed E-state index contributed by atoms with van der Waals surface area (Å²) in [4.78, 5) is 14.7. The van der Waals surface area contributed by atoms with Crippen molar-refractivity contribution in [2.75, 3.05) is 51.8 Å². The zero-order chi connectivity index (χ0) is 18.9. The van der Waals surface area contributed by atoms with Gasteiger partial charge in [-0.05, 0) is 24.1 Å². The Morgan fingerprint density at radius 2 is 2.04 bits per heavy atom. The normalized spacial score (nSPS) is 21.5. The molecular weight excluding hydrogens is 362 g/mol. The van der Waals surface area contributed by atoms with Gasteiger partial charge < -0.3 is 14.8 Å². The van der Waals surface area contributed by atoms with Gasteiger partial charge in [0.05, 0.1) is 37.2 Å². The number of hydrogen-bond acceptors (Lipinski definition) is 6. The fraction of sp³-hybridized carbons (Fsp3) is 0.600. The van der Waals surface area contributed by atoms with Crippen molar-refractivity contribution in [2.24, 2.45) is 5.92 Å². The lowest BCUT2D eigenvalue weighted by Gasteiger charge is -2.37. The van der Waals surface area contributed by atoms with Crippen LogP contribution in [0, 0.1) is 17.2 Å². The number of rotatable bonds is 8. The van der Waals surface area contributed by atoms with Crippen LogP contribution >= 0.6 is 11.8 Å². The van der Waals surface area contributed by atoms with Crippen LogP contribution < -0.4 is 5.32 Å². The van der Waals surface area contributed by atoms with Crippen molar-refractivity contribution in [1.82, 2.24) is 10.2 Å². The molecule has 0 saturated carbocycles. The first-order valence-electron chi connectivity index (χ1n) is 9.49. The number of benzene rings is 1. The predicted molar refractivity (Wildman–Crippen MR) is 105 cm³/mol. The van der Waals surface area contributed by atoms with Crippen LogP contribution in [0.4, 0.5) is 0 Å². The van der Waals surface area contributed by atoms with Crippen LogP contribution in [0.1, 0.15) is 17.5 Å². The number of carbonyl (C=O) groups is 1. The lowest BCUT2D eigenvalue weighted by atomic mass is 9.97. The topological polar surface area (TPSA) is 74.6 Å². The third kappa shape index (κ3) is 6.22. The molecule has 6 nitrogen and oxygen atoms in total. The minimum Gasteiger partial charge on any atom is -0.381 e. The SMILES string of the molecule is N#Cc1ccc(CSCC(=O)NCC(C2CCOC2)N2CCOCC2)cc1. The molecular formula is C20H27N3O3S. The number of nitrogens with one attached hydrogen (secondary N) is 1. The molecule has 0 bridgehead atoms. The van der Waals surface area contributed by atoms with Gasteiger partial charge in [0.1, 0.15) is 0 Å². The third-order valence-electron chi connectivity index (χ3n) is 5.12. The van der Waals surface area contributed by atoms with E-state index in [9.17, 15) is 4.79 Å². The molecule has 0 spiro atoms. The lowest BCUT2D eigenvalue weighted by Crippen LogP contribution is -2.52. The summed E-state index contributed by atoms with van der Waals surface area (Å²) in [6, 6.07) is 9.95. The summed E-state index contributed by atoms with van der Waals surface area (Å²) >= 11 is 1.59. The van der Waals surface area contributed by atoms with E-state index in [0.29, 0.717) is 29.8 Å². The van der Waals surface area contributed by atoms with E-state index in [-0.39, 0.29) is 5.91 Å². The van der Waals surface area contributed by atoms with Crippen molar-refractivity contribution in [2.45, 2.75) is 18.2 Å². The predicted octanol–water partition coefficient (Wildman–Crippen LogP) is 1.64. The zero-order valence-electron chi connectivity index (χ0n) is 15.6. The van der Waals surface area contributed by atoms with E-state index >= 15 is 0 Å². The molecule has 2 saturated heterocycles. The van der Waals surface area contributed by atoms with Crippen molar-refractivity contribution in [1.29, 1.82) is 5.26 Å². The van der Waals surface area contributed by atoms with E-state index in [1.165, 1.54) is 0 Å². The molecule has 1 N–H and O–H groups in total. The van der Waals surface area contributed by atoms with Gasteiger partial charge >= 0.3 is 0 Å². The molecule has 3 rings (SSSR count). The molecule has 2 aliphatic rings. The minimum absolute atomic E-state index is 0.0748. The molecule has 2 heterocycles. The second-order valence-corrected chi connectivity index (χ2v) is 7.93. The molecule has 7 heteroatoms. The van der Waals surface area contributed by atoms with Gasteiger partial charge in [-0.3, -0.25) is 9.69 Å². The molecule has 0 aromatic heterocycles. The number of carbonyl (C=O) groups excluding carboxylic acids is 1. The van der Waals surface area contributed by atoms with Gasteiger partial charge in [-0.1, -0.05) is 12.1 Å². The van der Waals surface area contributed by atoms with Crippen LogP contribution in [0.25, 0.3) is 0 Å². The summed E-state index contributed by atoms with van der Waals surface area (Å²) in [6.45, 7) is 5.64. The van der Waals surface area contributed by atoms with Crippen molar-refractivity contribution in [3.63, 3.8) is 0 Å². The Morgan fingerprint density at radius 1 is 1.26 bits per heavy atom. The number of thioether (sulfide) groups is 1. The highest BCUT2D eigenvalue weighted by atomic mass is 32.2. The average molecular weight is 390 g/mol. The van der Waals surface area contributed by atoms with Gasteiger partial charge in [0.25, 0.3) is 0 Å². The zero-order valence-corrected chi connectivity index (χ0v) is 16.4. The van der Waals surface area contributed by atoms with E-state index in [1.807, 2.05) is 24.3 Å². The molecule has 27 heavy (non-hydrogen) atoms. The van der Waals surface area contributed by atoms with Crippen LogP contribution in [0.5, 0.6) is 0 Å². The largest absolute Gasteiger partial charge is 0.381 e. The third-order valence-corrected chi connectivity index (χ3v) is 6.12. The average Bonchev–Trinajstić information content (AvgIpc) is 3.24. The highest BCUT2D eigenvalue weighted by molar-refractivity contribution is 7.99. The van der Waals surface area contributed by atoms with Crippen molar-refractivity contribution >= 4 is 17.7 Å². The Balaban J connectivity index is 1.42. The Hall–Kier alpha value is -1.59. The Bertz CT molecular complexity index is 635. The number of morpholine rings is 1. The number of nitrogens with zero attached hydrogens (tertiary/aromatic N) is 2. The maximum Gasteiger partial charge on any atom is 0.230 e. The van der Waals surface area contributed by atoms with Gasteiger partial charge in [-0.15, -0.1) is 11.8 Å². The highest BCUT2D eigenvalue weighted by Gasteiger charge is 2.31. The summed E-state index contributed by atoms with van der Waals surface area (Å²) in [5, 5.41) is 11.9. The second kappa shape index (κ2) is 10.7. The maximum absolute atomic E-state index is 12.3. The smallest absolute Gasteiger partial charge is 0.230 e. The first-order chi connectivity index (χ1) is 13.3. The first-order valence-corrected chi connectivity index (χ1v) is 10.6. The highest BCUT2D eigenvalue weighted by Crippen LogP contribution is 2.22. The van der Waals surface area contributed by atoms with E-state index in [1.54, 1.807) is 11.8 Å². The van der Waals surface area contributed by atoms with Crippen LogP contribution in [-0.2, 0) is 20.0 Å². The monoisotopic (exact) mass is 389 g/mol. The van der Waals surface area contributed by atoms with Gasteiger partial charge in [0.2, 0.25) is 5.91 Å². The standard InChI is InChI=1S/C20H27N3O3S/c21-11-16-1-3-17(4-2-16)14-27-15-20(24)22-12-19(18-5-8-26-13-18)23-6-9-25-10-7-23/h1-4,18-19H,5-10,12-15H2,(H,22,24). The number of nitriles is 1. The molecule has 146 valence electrons. The fourth-order valence-electron chi connectivity index (χ4n) is 3.57. The quantitative estimate of drug-likeness (QED) is 0.729. The molecule has 1 amide bonds. The van der Waals surface area contributed by atoms with Gasteiger partial charge in [-0.2, -0.15) is 5.26 Å². The minimum atomic E-state index is 0.0748.